The number of hydrogen-bond donors (Lipinski definition) is 1. The van der Waals surface area contributed by atoms with E-state index >= 15 is 0 Å². The third-order valence-corrected chi connectivity index (χ3v) is 3.22. The number of hydrogen-bond acceptors (Lipinski definition) is 4. The Bertz CT molecular complexity index is 521. The van der Waals surface area contributed by atoms with E-state index in [4.69, 9.17) is 14.9 Å². The first-order valence-corrected chi connectivity index (χ1v) is 6.53. The molecule has 0 bridgehead atoms. The number of carbonyl (C=O) groups is 2. The molecular weight excluding hydrogens is 260 g/mol. The Kier molecular flexibility index (Phi) is 4.45. The Morgan fingerprint density at radius 1 is 1.55 bits per heavy atom. The van der Waals surface area contributed by atoms with Gasteiger partial charge in [0.1, 0.15) is 18.1 Å². The maximum Gasteiger partial charge on any atom is 0.330 e. The molecule has 1 saturated heterocycles. The van der Waals surface area contributed by atoms with Crippen LogP contribution in [0.5, 0.6) is 0 Å². The Balaban J connectivity index is 1.80. The molecule has 0 radical (unpaired) electrons. The highest BCUT2D eigenvalue weighted by molar-refractivity contribution is 5.86. The third-order valence-electron chi connectivity index (χ3n) is 3.22. The molecule has 6 nitrogen and oxygen atoms in total. The van der Waals surface area contributed by atoms with Crippen molar-refractivity contribution in [2.24, 2.45) is 5.73 Å². The van der Waals surface area contributed by atoms with E-state index in [1.54, 1.807) is 12.1 Å². The number of carbonyl (C=O) groups excluding carboxylic acids is 2. The Labute approximate surface area is 117 Å². The number of nitrogens with two attached hydrogens (primary N) is 1. The highest BCUT2D eigenvalue weighted by Gasteiger charge is 2.27. The summed E-state index contributed by atoms with van der Waals surface area (Å²) in [5.74, 6) is 0.913. The van der Waals surface area contributed by atoms with Gasteiger partial charge in [0.2, 0.25) is 0 Å². The monoisotopic (exact) mass is 278 g/mol. The maximum absolute atomic E-state index is 11.6. The van der Waals surface area contributed by atoms with Gasteiger partial charge < -0.3 is 19.8 Å². The number of amides is 2. The van der Waals surface area contributed by atoms with Crippen molar-refractivity contribution in [3.8, 4) is 0 Å². The van der Waals surface area contributed by atoms with Crippen LogP contribution in [0.15, 0.2) is 22.6 Å². The fraction of sp³-hybridized carbons (Fsp3) is 0.429. The lowest BCUT2D eigenvalue weighted by Gasteiger charge is -2.21. The minimum Gasteiger partial charge on any atom is -0.462 e. The number of aryl methyl sites for hydroxylation is 1. The van der Waals surface area contributed by atoms with E-state index in [9.17, 15) is 9.59 Å². The number of nitrogens with zero attached hydrogens (tertiary/aromatic N) is 1. The van der Waals surface area contributed by atoms with Gasteiger partial charge in [-0.2, -0.15) is 0 Å². The number of esters is 1. The van der Waals surface area contributed by atoms with Crippen molar-refractivity contribution >= 4 is 18.1 Å². The van der Waals surface area contributed by atoms with Crippen molar-refractivity contribution in [2.45, 2.75) is 25.8 Å². The Morgan fingerprint density at radius 3 is 3.00 bits per heavy atom. The van der Waals surface area contributed by atoms with Crippen LogP contribution in [0.4, 0.5) is 4.79 Å². The van der Waals surface area contributed by atoms with E-state index < -0.39 is 12.0 Å². The molecule has 1 aliphatic heterocycles. The molecule has 2 N–H and O–H groups in total. The maximum atomic E-state index is 11.6. The second kappa shape index (κ2) is 6.27. The molecule has 1 aromatic rings. The molecule has 1 unspecified atom stereocenters. The van der Waals surface area contributed by atoms with E-state index in [0.717, 1.165) is 18.6 Å². The number of urea groups is 1. The number of furan rings is 1. The van der Waals surface area contributed by atoms with Crippen molar-refractivity contribution in [1.29, 1.82) is 0 Å². The van der Waals surface area contributed by atoms with E-state index in [1.165, 1.54) is 11.0 Å². The summed E-state index contributed by atoms with van der Waals surface area (Å²) >= 11 is 0. The highest BCUT2D eigenvalue weighted by atomic mass is 16.5. The number of rotatable bonds is 4. The standard InChI is InChI=1S/C14H18N2O4/c1-10-4-5-12(20-10)6-7-13(17)19-9-11-3-2-8-16(11)14(15)18/h4-7,11H,2-3,8-9H2,1H3,(H2,15,18). The summed E-state index contributed by atoms with van der Waals surface area (Å²) in [6.45, 7) is 2.62. The normalized spacial score (nSPS) is 18.6. The summed E-state index contributed by atoms with van der Waals surface area (Å²) in [6.07, 6.45) is 4.54. The van der Waals surface area contributed by atoms with E-state index in [-0.39, 0.29) is 12.6 Å². The van der Waals surface area contributed by atoms with Gasteiger partial charge >= 0.3 is 12.0 Å². The lowest BCUT2D eigenvalue weighted by Crippen LogP contribution is -2.41. The second-order valence-electron chi connectivity index (χ2n) is 4.74. The van der Waals surface area contributed by atoms with Gasteiger partial charge in [0.15, 0.2) is 0 Å². The third kappa shape index (κ3) is 3.63. The number of likely N-dealkylation sites (tertiary alicyclic amines) is 1. The first-order chi connectivity index (χ1) is 9.56. The van der Waals surface area contributed by atoms with Crippen LogP contribution in [-0.4, -0.2) is 36.1 Å². The SMILES string of the molecule is Cc1ccc(C=CC(=O)OCC2CCCN2C(N)=O)o1. The molecule has 1 fully saturated rings. The molecule has 1 aromatic heterocycles. The zero-order chi connectivity index (χ0) is 14.5. The van der Waals surface area contributed by atoms with E-state index in [2.05, 4.69) is 0 Å². The molecule has 1 aliphatic rings. The molecule has 2 amide bonds. The van der Waals surface area contributed by atoms with Crippen molar-refractivity contribution in [3.05, 3.63) is 29.7 Å². The van der Waals surface area contributed by atoms with Gasteiger partial charge in [0.05, 0.1) is 6.04 Å². The molecule has 0 saturated carbocycles. The molecule has 0 aliphatic carbocycles. The zero-order valence-corrected chi connectivity index (χ0v) is 11.4. The van der Waals surface area contributed by atoms with Gasteiger partial charge in [-0.15, -0.1) is 0 Å². The van der Waals surface area contributed by atoms with Gasteiger partial charge in [-0.25, -0.2) is 9.59 Å². The van der Waals surface area contributed by atoms with Crippen LogP contribution in [0.1, 0.15) is 24.4 Å². The largest absolute Gasteiger partial charge is 0.462 e. The highest BCUT2D eigenvalue weighted by Crippen LogP contribution is 2.17. The van der Waals surface area contributed by atoms with Crippen LogP contribution in [-0.2, 0) is 9.53 Å². The summed E-state index contributed by atoms with van der Waals surface area (Å²) in [7, 11) is 0. The molecule has 1 atom stereocenters. The van der Waals surface area contributed by atoms with Gasteiger partial charge in [-0.05, 0) is 38.0 Å². The molecule has 20 heavy (non-hydrogen) atoms. The van der Waals surface area contributed by atoms with Gasteiger partial charge in [-0.1, -0.05) is 0 Å². The lowest BCUT2D eigenvalue weighted by molar-refractivity contribution is -0.138. The Hall–Kier alpha value is -2.24. The summed E-state index contributed by atoms with van der Waals surface area (Å²) in [5, 5.41) is 0. The molecule has 6 heteroatoms. The van der Waals surface area contributed by atoms with Crippen molar-refractivity contribution in [2.75, 3.05) is 13.2 Å². The predicted octanol–water partition coefficient (Wildman–Crippen LogP) is 1.69. The minimum absolute atomic E-state index is 0.115. The fourth-order valence-electron chi connectivity index (χ4n) is 2.22. The van der Waals surface area contributed by atoms with Crippen LogP contribution in [0.2, 0.25) is 0 Å². The van der Waals surface area contributed by atoms with Crippen LogP contribution in [0.25, 0.3) is 6.08 Å². The average Bonchev–Trinajstić information content (AvgIpc) is 3.02. The van der Waals surface area contributed by atoms with Crippen molar-refractivity contribution in [3.63, 3.8) is 0 Å². The summed E-state index contributed by atoms with van der Waals surface area (Å²) in [5.41, 5.74) is 5.25. The van der Waals surface area contributed by atoms with E-state index in [1.807, 2.05) is 13.0 Å². The molecular formula is C14H18N2O4. The zero-order valence-electron chi connectivity index (χ0n) is 11.4. The van der Waals surface area contributed by atoms with Crippen molar-refractivity contribution < 1.29 is 18.7 Å². The quantitative estimate of drug-likeness (QED) is 0.670. The van der Waals surface area contributed by atoms with Gasteiger partial charge in [-0.3, -0.25) is 0 Å². The molecule has 108 valence electrons. The van der Waals surface area contributed by atoms with Crippen LogP contribution in [0, 0.1) is 6.92 Å². The van der Waals surface area contributed by atoms with E-state index in [0.29, 0.717) is 12.3 Å². The van der Waals surface area contributed by atoms with Gasteiger partial charge in [0, 0.05) is 12.6 Å². The molecule has 2 rings (SSSR count). The summed E-state index contributed by atoms with van der Waals surface area (Å²) < 4.78 is 10.4. The average molecular weight is 278 g/mol. The molecule has 0 aromatic carbocycles. The summed E-state index contributed by atoms with van der Waals surface area (Å²) in [4.78, 5) is 24.3. The minimum atomic E-state index is -0.467. The Morgan fingerprint density at radius 2 is 2.35 bits per heavy atom. The predicted molar refractivity (Wildman–Crippen MR) is 72.7 cm³/mol. The molecule has 0 spiro atoms. The number of ether oxygens (including phenoxy) is 1. The first-order valence-electron chi connectivity index (χ1n) is 6.53. The van der Waals surface area contributed by atoms with Crippen LogP contribution in [0.3, 0.4) is 0 Å². The topological polar surface area (TPSA) is 85.8 Å². The second-order valence-corrected chi connectivity index (χ2v) is 4.74. The summed E-state index contributed by atoms with van der Waals surface area (Å²) in [6, 6.07) is 3.00. The number of primary amides is 1. The van der Waals surface area contributed by atoms with Gasteiger partial charge in [0.25, 0.3) is 0 Å². The van der Waals surface area contributed by atoms with Crippen LogP contribution < -0.4 is 5.73 Å². The van der Waals surface area contributed by atoms with Crippen molar-refractivity contribution in [1.82, 2.24) is 4.90 Å². The van der Waals surface area contributed by atoms with Crippen LogP contribution >= 0.6 is 0 Å². The molecule has 2 heterocycles. The first kappa shape index (κ1) is 14.2. The fourth-order valence-corrected chi connectivity index (χ4v) is 2.22. The lowest BCUT2D eigenvalue weighted by atomic mass is 10.2. The smallest absolute Gasteiger partial charge is 0.330 e.